The number of carbonyl (C=O) groups is 1. The molecule has 0 radical (unpaired) electrons. The molecule has 56 valence electrons. The van der Waals surface area contributed by atoms with Gasteiger partial charge in [0, 0.05) is 0 Å². The first-order chi connectivity index (χ1) is 4.75. The predicted molar refractivity (Wildman–Crippen MR) is 38.1 cm³/mol. The second kappa shape index (κ2) is 3.05. The minimum absolute atomic E-state index is 0.391. The highest BCUT2D eigenvalue weighted by Gasteiger charge is 2.21. The van der Waals surface area contributed by atoms with Crippen molar-refractivity contribution >= 4 is 22.8 Å². The SMILES string of the molecule is CC[N+]1=C(C(=O)[O-])SCC1. The number of hydrogen-bond acceptors (Lipinski definition) is 3. The minimum Gasteiger partial charge on any atom is -0.539 e. The first-order valence-electron chi connectivity index (χ1n) is 3.21. The summed E-state index contributed by atoms with van der Waals surface area (Å²) in [6, 6.07) is 0. The quantitative estimate of drug-likeness (QED) is 0.481. The van der Waals surface area contributed by atoms with E-state index in [1.807, 2.05) is 11.5 Å². The van der Waals surface area contributed by atoms with Crippen molar-refractivity contribution in [3.05, 3.63) is 0 Å². The molecule has 0 aliphatic carbocycles. The van der Waals surface area contributed by atoms with E-state index in [2.05, 4.69) is 0 Å². The van der Waals surface area contributed by atoms with Crippen molar-refractivity contribution in [3.63, 3.8) is 0 Å². The van der Waals surface area contributed by atoms with E-state index in [-0.39, 0.29) is 0 Å². The Labute approximate surface area is 63.7 Å². The molecule has 4 heteroatoms. The van der Waals surface area contributed by atoms with Crippen LogP contribution in [0.5, 0.6) is 0 Å². The third-order valence-corrected chi connectivity index (χ3v) is 2.53. The number of thioether (sulfide) groups is 1. The number of carbonyl (C=O) groups excluding carboxylic acids is 1. The maximum absolute atomic E-state index is 10.4. The zero-order chi connectivity index (χ0) is 7.56. The number of rotatable bonds is 2. The lowest BCUT2D eigenvalue weighted by molar-refractivity contribution is -0.515. The molecule has 3 nitrogen and oxygen atoms in total. The van der Waals surface area contributed by atoms with Crippen LogP contribution < -0.4 is 5.11 Å². The summed E-state index contributed by atoms with van der Waals surface area (Å²) in [7, 11) is 0. The van der Waals surface area contributed by atoms with Gasteiger partial charge in [-0.1, -0.05) is 0 Å². The third-order valence-electron chi connectivity index (χ3n) is 1.44. The highest BCUT2D eigenvalue weighted by molar-refractivity contribution is 8.15. The van der Waals surface area contributed by atoms with Crippen LogP contribution in [0.4, 0.5) is 0 Å². The van der Waals surface area contributed by atoms with Crippen LogP contribution in [0.1, 0.15) is 6.92 Å². The first-order valence-corrected chi connectivity index (χ1v) is 4.20. The zero-order valence-electron chi connectivity index (χ0n) is 5.79. The van der Waals surface area contributed by atoms with E-state index in [1.54, 1.807) is 0 Å². The molecule has 1 heterocycles. The van der Waals surface area contributed by atoms with E-state index in [9.17, 15) is 9.90 Å². The molecule has 0 saturated heterocycles. The molecule has 1 aliphatic rings. The van der Waals surface area contributed by atoms with E-state index >= 15 is 0 Å². The van der Waals surface area contributed by atoms with Crippen molar-refractivity contribution in [1.82, 2.24) is 0 Å². The fourth-order valence-electron chi connectivity index (χ4n) is 0.935. The normalized spacial score (nSPS) is 18.1. The van der Waals surface area contributed by atoms with Gasteiger partial charge in [0.05, 0.1) is 5.75 Å². The van der Waals surface area contributed by atoms with E-state index in [0.29, 0.717) is 5.04 Å². The lowest BCUT2D eigenvalue weighted by Gasteiger charge is -1.97. The summed E-state index contributed by atoms with van der Waals surface area (Å²) in [6.07, 6.45) is 0. The van der Waals surface area contributed by atoms with Crippen molar-refractivity contribution < 1.29 is 14.5 Å². The maximum atomic E-state index is 10.4. The average Bonchev–Trinajstić information content (AvgIpc) is 2.33. The molecule has 0 aromatic carbocycles. The van der Waals surface area contributed by atoms with E-state index in [4.69, 9.17) is 0 Å². The van der Waals surface area contributed by atoms with Gasteiger partial charge in [-0.3, -0.25) is 0 Å². The molecular weight excluding hydrogens is 150 g/mol. The Morgan fingerprint density at radius 2 is 2.60 bits per heavy atom. The molecule has 0 aromatic rings. The van der Waals surface area contributed by atoms with Crippen molar-refractivity contribution in [2.45, 2.75) is 6.92 Å². The average molecular weight is 159 g/mol. The smallest absolute Gasteiger partial charge is 0.258 e. The van der Waals surface area contributed by atoms with Crippen molar-refractivity contribution in [3.8, 4) is 0 Å². The van der Waals surface area contributed by atoms with Gasteiger partial charge < -0.3 is 9.90 Å². The highest BCUT2D eigenvalue weighted by atomic mass is 32.2. The number of nitrogens with zero attached hydrogens (tertiary/aromatic N) is 1. The van der Waals surface area contributed by atoms with Crippen LogP contribution in [0.2, 0.25) is 0 Å². The Hall–Kier alpha value is -0.510. The molecule has 0 saturated carbocycles. The largest absolute Gasteiger partial charge is 0.539 e. The van der Waals surface area contributed by atoms with Gasteiger partial charge in [-0.15, -0.1) is 0 Å². The van der Waals surface area contributed by atoms with Gasteiger partial charge in [0.25, 0.3) is 5.04 Å². The van der Waals surface area contributed by atoms with Crippen molar-refractivity contribution in [1.29, 1.82) is 0 Å². The standard InChI is InChI=1S/C6H9NO2S/c1-2-7-3-4-10-5(7)6(8)9/h2-4H2,1H3. The molecule has 0 amide bonds. The molecule has 0 fully saturated rings. The fourth-order valence-corrected chi connectivity index (χ4v) is 1.96. The topological polar surface area (TPSA) is 43.1 Å². The third kappa shape index (κ3) is 1.31. The van der Waals surface area contributed by atoms with Gasteiger partial charge in [-0.25, -0.2) is 4.58 Å². The van der Waals surface area contributed by atoms with Gasteiger partial charge in [0.15, 0.2) is 6.54 Å². The summed E-state index contributed by atoms with van der Waals surface area (Å²) in [4.78, 5) is 10.4. The summed E-state index contributed by atoms with van der Waals surface area (Å²) < 4.78 is 1.82. The molecule has 1 rings (SSSR count). The summed E-state index contributed by atoms with van der Waals surface area (Å²) in [5.41, 5.74) is 0. The summed E-state index contributed by atoms with van der Waals surface area (Å²) in [5.74, 6) is -0.165. The van der Waals surface area contributed by atoms with Crippen molar-refractivity contribution in [2.24, 2.45) is 0 Å². The monoisotopic (exact) mass is 159 g/mol. The molecule has 1 aliphatic heterocycles. The Kier molecular flexibility index (Phi) is 2.32. The summed E-state index contributed by atoms with van der Waals surface area (Å²) in [6.45, 7) is 3.54. The molecule has 0 bridgehead atoms. The lowest BCUT2D eigenvalue weighted by atomic mass is 10.6. The van der Waals surface area contributed by atoms with E-state index in [0.717, 1.165) is 18.8 Å². The van der Waals surface area contributed by atoms with E-state index < -0.39 is 5.97 Å². The highest BCUT2D eigenvalue weighted by Crippen LogP contribution is 2.10. The number of carboxylic acid groups (broad SMARTS) is 1. The fraction of sp³-hybridized carbons (Fsp3) is 0.667. The van der Waals surface area contributed by atoms with Crippen LogP contribution in [0.15, 0.2) is 0 Å². The molecular formula is C6H9NO2S. The first kappa shape index (κ1) is 7.60. The van der Waals surface area contributed by atoms with Gasteiger partial charge in [-0.2, -0.15) is 0 Å². The van der Waals surface area contributed by atoms with Crippen molar-refractivity contribution in [2.75, 3.05) is 18.8 Å². The molecule has 0 N–H and O–H groups in total. The molecule has 0 aromatic heterocycles. The number of aliphatic carboxylic acids is 1. The van der Waals surface area contributed by atoms with Crippen LogP contribution in [0.3, 0.4) is 0 Å². The number of hydrogen-bond donors (Lipinski definition) is 0. The van der Waals surface area contributed by atoms with Gasteiger partial charge in [-0.05, 0) is 18.7 Å². The van der Waals surface area contributed by atoms with Gasteiger partial charge in [0.2, 0.25) is 0 Å². The summed E-state index contributed by atoms with van der Waals surface area (Å²) in [5, 5.41) is 10.8. The Morgan fingerprint density at radius 1 is 1.90 bits per heavy atom. The molecule has 0 unspecified atom stereocenters. The predicted octanol–water partition coefficient (Wildman–Crippen LogP) is -1.09. The lowest BCUT2D eigenvalue weighted by Crippen LogP contribution is -2.33. The van der Waals surface area contributed by atoms with Crippen LogP contribution in [-0.4, -0.2) is 34.4 Å². The van der Waals surface area contributed by atoms with Gasteiger partial charge >= 0.3 is 0 Å². The second-order valence-corrected chi connectivity index (χ2v) is 3.10. The van der Waals surface area contributed by atoms with Crippen LogP contribution >= 0.6 is 11.8 Å². The number of carboxylic acids is 1. The zero-order valence-corrected chi connectivity index (χ0v) is 6.61. The second-order valence-electron chi connectivity index (χ2n) is 2.02. The molecule has 0 atom stereocenters. The molecule has 10 heavy (non-hydrogen) atoms. The minimum atomic E-state index is -1.04. The van der Waals surface area contributed by atoms with Crippen LogP contribution in [0.25, 0.3) is 0 Å². The maximum Gasteiger partial charge on any atom is 0.258 e. The van der Waals surface area contributed by atoms with Crippen LogP contribution in [-0.2, 0) is 4.79 Å². The Bertz CT molecular complexity index is 188. The van der Waals surface area contributed by atoms with Crippen LogP contribution in [0, 0.1) is 0 Å². The van der Waals surface area contributed by atoms with E-state index in [1.165, 1.54) is 11.8 Å². The Balaban J connectivity index is 2.78. The Morgan fingerprint density at radius 3 is 3.00 bits per heavy atom. The van der Waals surface area contributed by atoms with Gasteiger partial charge in [0.1, 0.15) is 12.5 Å². The summed E-state index contributed by atoms with van der Waals surface area (Å²) >= 11 is 1.36. The molecule has 0 spiro atoms.